The van der Waals surface area contributed by atoms with Crippen LogP contribution in [0.4, 0.5) is 4.79 Å². The Hall–Kier alpha value is -1.88. The normalized spacial score (nSPS) is 26.5. The number of benzene rings is 1. The van der Waals surface area contributed by atoms with Crippen molar-refractivity contribution in [1.29, 1.82) is 0 Å². The molecule has 4 bridgehead atoms. The van der Waals surface area contributed by atoms with Crippen molar-refractivity contribution in [1.82, 2.24) is 15.1 Å². The average molecular weight is 397 g/mol. The van der Waals surface area contributed by atoms with E-state index in [1.807, 2.05) is 4.90 Å². The molecule has 5 heteroatoms. The van der Waals surface area contributed by atoms with Crippen LogP contribution in [0.15, 0.2) is 29.3 Å². The number of nitrogens with zero attached hydrogens (tertiary/aromatic N) is 3. The molecule has 5 rings (SSSR count). The van der Waals surface area contributed by atoms with Crippen LogP contribution >= 0.6 is 0 Å². The highest BCUT2D eigenvalue weighted by atomic mass is 16.2. The summed E-state index contributed by atoms with van der Waals surface area (Å²) in [6.07, 6.45) is 11.6. The van der Waals surface area contributed by atoms with Crippen LogP contribution in [-0.4, -0.2) is 53.9 Å². The first-order valence-electron chi connectivity index (χ1n) is 11.7. The first-order chi connectivity index (χ1) is 14.3. The molecule has 2 amide bonds. The van der Waals surface area contributed by atoms with Gasteiger partial charge in [-0.2, -0.15) is 0 Å². The Balaban J connectivity index is 1.53. The number of amides is 2. The van der Waals surface area contributed by atoms with E-state index in [1.54, 1.807) is 0 Å². The van der Waals surface area contributed by atoms with Gasteiger partial charge in [-0.15, -0.1) is 0 Å². The molecular weight excluding hydrogens is 360 g/mol. The quantitative estimate of drug-likeness (QED) is 0.767. The Labute approximate surface area is 175 Å². The number of urea groups is 1. The van der Waals surface area contributed by atoms with E-state index >= 15 is 0 Å². The van der Waals surface area contributed by atoms with Crippen LogP contribution in [-0.2, 0) is 13.0 Å². The number of hydrogen-bond donors (Lipinski definition) is 1. The molecule has 158 valence electrons. The zero-order valence-electron chi connectivity index (χ0n) is 17.7. The first-order valence-corrected chi connectivity index (χ1v) is 11.7. The van der Waals surface area contributed by atoms with Crippen molar-refractivity contribution in [2.45, 2.75) is 76.8 Å². The largest absolute Gasteiger partial charge is 0.323 e. The molecular formula is C24H36N4O. The maximum atomic E-state index is 13.0. The van der Waals surface area contributed by atoms with Gasteiger partial charge in [-0.25, -0.2) is 4.79 Å². The molecule has 1 atom stereocenters. The summed E-state index contributed by atoms with van der Waals surface area (Å²) >= 11 is 0. The SMILES string of the molecule is O=C1NC(=NC2CCCCC2)CCN2CCN1CCCCCc1ccc(cc1)C2. The van der Waals surface area contributed by atoms with Crippen LogP contribution in [0.3, 0.4) is 0 Å². The molecule has 3 aliphatic heterocycles. The van der Waals surface area contributed by atoms with Gasteiger partial charge in [-0.1, -0.05) is 49.9 Å². The highest BCUT2D eigenvalue weighted by Crippen LogP contribution is 2.21. The number of amidine groups is 1. The highest BCUT2D eigenvalue weighted by Gasteiger charge is 2.22. The molecule has 0 spiro atoms. The minimum absolute atomic E-state index is 0.0526. The van der Waals surface area contributed by atoms with Crippen molar-refractivity contribution in [2.24, 2.45) is 4.99 Å². The molecule has 1 saturated carbocycles. The van der Waals surface area contributed by atoms with Gasteiger partial charge in [0.05, 0.1) is 6.04 Å². The monoisotopic (exact) mass is 396 g/mol. The minimum Gasteiger partial charge on any atom is -0.323 e. The summed E-state index contributed by atoms with van der Waals surface area (Å²) in [5.74, 6) is 0.901. The second kappa shape index (κ2) is 10.2. The number of hydrogen-bond acceptors (Lipinski definition) is 3. The average Bonchev–Trinajstić information content (AvgIpc) is 2.81. The number of nitrogens with one attached hydrogen (secondary N) is 1. The van der Waals surface area contributed by atoms with Crippen LogP contribution in [0.1, 0.15) is 68.9 Å². The Kier molecular flexibility index (Phi) is 7.20. The fourth-order valence-electron chi connectivity index (χ4n) is 4.78. The molecule has 3 heterocycles. The van der Waals surface area contributed by atoms with E-state index < -0.39 is 0 Å². The summed E-state index contributed by atoms with van der Waals surface area (Å²) in [7, 11) is 0. The predicted molar refractivity (Wildman–Crippen MR) is 118 cm³/mol. The van der Waals surface area contributed by atoms with Crippen molar-refractivity contribution >= 4 is 11.9 Å². The smallest absolute Gasteiger partial charge is 0.322 e. The van der Waals surface area contributed by atoms with E-state index in [0.29, 0.717) is 6.04 Å². The highest BCUT2D eigenvalue weighted by molar-refractivity contribution is 5.97. The molecule has 4 aliphatic rings. The molecule has 1 aliphatic carbocycles. The van der Waals surface area contributed by atoms with Gasteiger partial charge in [0, 0.05) is 39.1 Å². The number of aliphatic imine (C=N–C) groups is 1. The van der Waals surface area contributed by atoms with E-state index in [1.165, 1.54) is 49.7 Å². The first kappa shape index (κ1) is 20.4. The van der Waals surface area contributed by atoms with Crippen molar-refractivity contribution in [2.75, 3.05) is 26.2 Å². The van der Waals surface area contributed by atoms with Gasteiger partial charge in [0.1, 0.15) is 5.84 Å². The lowest BCUT2D eigenvalue weighted by Gasteiger charge is -2.26. The Morgan fingerprint density at radius 2 is 1.55 bits per heavy atom. The molecule has 0 radical (unpaired) electrons. The van der Waals surface area contributed by atoms with Gasteiger partial charge in [-0.05, 0) is 43.2 Å². The van der Waals surface area contributed by atoms with Gasteiger partial charge in [0.2, 0.25) is 0 Å². The minimum atomic E-state index is 0.0526. The summed E-state index contributed by atoms with van der Waals surface area (Å²) in [4.78, 5) is 22.5. The third-order valence-corrected chi connectivity index (χ3v) is 6.63. The third kappa shape index (κ3) is 6.05. The lowest BCUT2D eigenvalue weighted by Crippen LogP contribution is -2.44. The topological polar surface area (TPSA) is 47.9 Å². The third-order valence-electron chi connectivity index (χ3n) is 6.63. The Morgan fingerprint density at radius 3 is 2.38 bits per heavy atom. The van der Waals surface area contributed by atoms with E-state index in [-0.39, 0.29) is 6.03 Å². The van der Waals surface area contributed by atoms with Crippen LogP contribution in [0.2, 0.25) is 0 Å². The van der Waals surface area contributed by atoms with Crippen molar-refractivity contribution < 1.29 is 4.79 Å². The van der Waals surface area contributed by atoms with E-state index in [9.17, 15) is 4.79 Å². The van der Waals surface area contributed by atoms with Gasteiger partial charge < -0.3 is 4.90 Å². The molecule has 1 N–H and O–H groups in total. The maximum Gasteiger partial charge on any atom is 0.322 e. The summed E-state index contributed by atoms with van der Waals surface area (Å²) in [5, 5.41) is 3.19. The van der Waals surface area contributed by atoms with Crippen LogP contribution in [0.25, 0.3) is 0 Å². The van der Waals surface area contributed by atoms with Gasteiger partial charge in [0.15, 0.2) is 0 Å². The van der Waals surface area contributed by atoms with Crippen molar-refractivity contribution in [3.63, 3.8) is 0 Å². The fourth-order valence-corrected chi connectivity index (χ4v) is 4.78. The van der Waals surface area contributed by atoms with E-state index in [4.69, 9.17) is 4.99 Å². The van der Waals surface area contributed by atoms with Gasteiger partial charge in [-0.3, -0.25) is 15.2 Å². The molecule has 5 nitrogen and oxygen atoms in total. The van der Waals surface area contributed by atoms with Gasteiger partial charge in [0.25, 0.3) is 0 Å². The maximum absolute atomic E-state index is 13.0. The number of aryl methyl sites for hydroxylation is 1. The summed E-state index contributed by atoms with van der Waals surface area (Å²) < 4.78 is 0. The number of carbonyl (C=O) groups is 1. The zero-order valence-corrected chi connectivity index (χ0v) is 17.7. The second-order valence-electron chi connectivity index (χ2n) is 8.94. The fraction of sp³-hybridized carbons (Fsp3) is 0.667. The van der Waals surface area contributed by atoms with Crippen LogP contribution < -0.4 is 5.32 Å². The molecule has 29 heavy (non-hydrogen) atoms. The lowest BCUT2D eigenvalue weighted by atomic mass is 9.96. The number of rotatable bonds is 1. The molecule has 1 saturated heterocycles. The van der Waals surface area contributed by atoms with E-state index in [2.05, 4.69) is 34.5 Å². The summed E-state index contributed by atoms with van der Waals surface area (Å²) in [6, 6.07) is 9.60. The van der Waals surface area contributed by atoms with Gasteiger partial charge >= 0.3 is 6.03 Å². The zero-order chi connectivity index (χ0) is 19.9. The predicted octanol–water partition coefficient (Wildman–Crippen LogP) is 4.36. The molecule has 1 unspecified atom stereocenters. The molecule has 2 fully saturated rings. The lowest BCUT2D eigenvalue weighted by molar-refractivity contribution is 0.187. The van der Waals surface area contributed by atoms with Crippen molar-refractivity contribution in [3.05, 3.63) is 35.4 Å². The molecule has 0 aromatic heterocycles. The molecule has 1 aromatic rings. The molecule has 1 aromatic carbocycles. The Morgan fingerprint density at radius 1 is 0.793 bits per heavy atom. The Bertz CT molecular complexity index is 693. The van der Waals surface area contributed by atoms with Crippen LogP contribution in [0.5, 0.6) is 0 Å². The second-order valence-corrected chi connectivity index (χ2v) is 8.94. The van der Waals surface area contributed by atoms with Crippen molar-refractivity contribution in [3.8, 4) is 0 Å². The standard InChI is InChI=1S/C24H36N4O/c29-24-26-23(25-22-8-4-1-5-9-22)14-16-27-17-18-28(24)15-6-2-3-7-20-10-12-21(19-27)13-11-20/h10-13,22H,1-9,14-19H2,(H,25,26,29). The summed E-state index contributed by atoms with van der Waals surface area (Å²) in [5.41, 5.74) is 2.79. The van der Waals surface area contributed by atoms with Crippen LogP contribution in [0, 0.1) is 0 Å². The summed E-state index contributed by atoms with van der Waals surface area (Å²) in [6.45, 7) is 4.45. The number of carbonyl (C=O) groups excluding carboxylic acids is 1. The van der Waals surface area contributed by atoms with E-state index in [0.717, 1.165) is 64.2 Å². The number of fused-ring (bicyclic) bond motifs is 6.